The zero-order chi connectivity index (χ0) is 16.1. The number of methoxy groups -OCH3 is 1. The number of hydrogen-bond acceptors (Lipinski definition) is 5. The molecule has 0 aliphatic carbocycles. The number of nitrogens with two attached hydrogens (primary N) is 1. The highest BCUT2D eigenvalue weighted by Crippen LogP contribution is 2.17. The lowest BCUT2D eigenvalue weighted by molar-refractivity contribution is -0.133. The van der Waals surface area contributed by atoms with Gasteiger partial charge in [-0.1, -0.05) is 0 Å². The Hall–Kier alpha value is -2.06. The van der Waals surface area contributed by atoms with Gasteiger partial charge in [0.1, 0.15) is 17.6 Å². The minimum atomic E-state index is -0.772. The summed E-state index contributed by atoms with van der Waals surface area (Å²) in [5.74, 6) is 0.797. The molecule has 1 aromatic rings. The number of primary amides is 1. The summed E-state index contributed by atoms with van der Waals surface area (Å²) >= 11 is 0. The van der Waals surface area contributed by atoms with Gasteiger partial charge in [-0.05, 0) is 19.1 Å². The fourth-order valence-electron chi connectivity index (χ4n) is 2.25. The third-order valence-corrected chi connectivity index (χ3v) is 3.41. The number of ether oxygens (including phenoxy) is 2. The molecule has 2 heterocycles. The second kappa shape index (κ2) is 7.28. The van der Waals surface area contributed by atoms with Crippen molar-refractivity contribution in [2.24, 2.45) is 5.73 Å². The van der Waals surface area contributed by atoms with Crippen molar-refractivity contribution in [3.63, 3.8) is 0 Å². The Morgan fingerprint density at radius 1 is 1.55 bits per heavy atom. The van der Waals surface area contributed by atoms with Crippen LogP contribution >= 0.6 is 0 Å². The molecule has 0 aromatic carbocycles. The number of rotatable bonds is 5. The van der Waals surface area contributed by atoms with Crippen molar-refractivity contribution in [3.05, 3.63) is 23.7 Å². The summed E-state index contributed by atoms with van der Waals surface area (Å²) < 4.78 is 15.9. The maximum absolute atomic E-state index is 12.3. The third kappa shape index (κ3) is 3.99. The van der Waals surface area contributed by atoms with E-state index in [9.17, 15) is 9.59 Å². The molecule has 1 fully saturated rings. The lowest BCUT2D eigenvalue weighted by Crippen LogP contribution is -2.53. The normalized spacial score (nSPS) is 19.7. The molecule has 3 amide bonds. The minimum Gasteiger partial charge on any atom is -0.464 e. The largest absolute Gasteiger partial charge is 0.464 e. The molecule has 122 valence electrons. The Balaban J connectivity index is 2.00. The van der Waals surface area contributed by atoms with E-state index in [4.69, 9.17) is 19.6 Å². The number of nitrogens with zero attached hydrogens (tertiary/aromatic N) is 1. The summed E-state index contributed by atoms with van der Waals surface area (Å²) in [4.78, 5) is 25.0. The lowest BCUT2D eigenvalue weighted by atomic mass is 10.2. The van der Waals surface area contributed by atoms with Gasteiger partial charge < -0.3 is 29.8 Å². The summed E-state index contributed by atoms with van der Waals surface area (Å²) in [6, 6.07) is 2.90. The van der Waals surface area contributed by atoms with E-state index in [1.54, 1.807) is 13.2 Å². The second-order valence-electron chi connectivity index (χ2n) is 5.11. The van der Waals surface area contributed by atoms with Gasteiger partial charge in [-0.2, -0.15) is 0 Å². The molecule has 2 atom stereocenters. The van der Waals surface area contributed by atoms with Crippen LogP contribution in [0.25, 0.3) is 0 Å². The fraction of sp³-hybridized carbons (Fsp3) is 0.571. The molecule has 1 aliphatic rings. The van der Waals surface area contributed by atoms with Gasteiger partial charge in [0.05, 0.1) is 19.8 Å². The van der Waals surface area contributed by atoms with Gasteiger partial charge >= 0.3 is 6.03 Å². The molecular formula is C14H21N3O5. The van der Waals surface area contributed by atoms with Crippen molar-refractivity contribution < 1.29 is 23.5 Å². The summed E-state index contributed by atoms with van der Waals surface area (Å²) in [5.41, 5.74) is 5.22. The maximum Gasteiger partial charge on any atom is 0.318 e. The Labute approximate surface area is 128 Å². The topological polar surface area (TPSA) is 107 Å². The van der Waals surface area contributed by atoms with Crippen LogP contribution < -0.4 is 11.1 Å². The molecule has 0 bridgehead atoms. The van der Waals surface area contributed by atoms with Crippen LogP contribution in [0.5, 0.6) is 0 Å². The molecule has 1 aliphatic heterocycles. The van der Waals surface area contributed by atoms with Gasteiger partial charge in [0, 0.05) is 13.7 Å². The summed E-state index contributed by atoms with van der Waals surface area (Å²) in [5, 5.41) is 2.84. The summed E-state index contributed by atoms with van der Waals surface area (Å²) in [7, 11) is 1.55. The highest BCUT2D eigenvalue weighted by atomic mass is 16.5. The highest BCUT2D eigenvalue weighted by Gasteiger charge is 2.29. The molecular weight excluding hydrogens is 290 g/mol. The van der Waals surface area contributed by atoms with E-state index in [0.717, 1.165) is 5.76 Å². The standard InChI is InChI=1S/C14H21N3O5/c1-9-3-4-11(22-9)10(8-20-2)16-14(19)17-5-6-21-12(7-17)13(15)18/h3-4,10,12H,5-8H2,1-2H3,(H2,15,18)(H,16,19). The first-order valence-corrected chi connectivity index (χ1v) is 7.03. The van der Waals surface area contributed by atoms with Crippen LogP contribution in [0.4, 0.5) is 4.79 Å². The van der Waals surface area contributed by atoms with Crippen LogP contribution in [-0.4, -0.2) is 56.4 Å². The fourth-order valence-corrected chi connectivity index (χ4v) is 2.25. The first-order valence-electron chi connectivity index (χ1n) is 7.03. The van der Waals surface area contributed by atoms with E-state index < -0.39 is 18.1 Å². The van der Waals surface area contributed by atoms with Gasteiger partial charge in [-0.3, -0.25) is 4.79 Å². The Kier molecular flexibility index (Phi) is 5.40. The predicted molar refractivity (Wildman–Crippen MR) is 77.1 cm³/mol. The number of carbonyl (C=O) groups excluding carboxylic acids is 2. The number of urea groups is 1. The average molecular weight is 311 g/mol. The van der Waals surface area contributed by atoms with E-state index in [1.807, 2.05) is 13.0 Å². The molecule has 2 rings (SSSR count). The number of nitrogens with one attached hydrogen (secondary N) is 1. The third-order valence-electron chi connectivity index (χ3n) is 3.41. The second-order valence-corrected chi connectivity index (χ2v) is 5.11. The molecule has 0 radical (unpaired) electrons. The molecule has 0 spiro atoms. The van der Waals surface area contributed by atoms with Crippen molar-refractivity contribution in [2.45, 2.75) is 19.1 Å². The quantitative estimate of drug-likeness (QED) is 0.806. The van der Waals surface area contributed by atoms with Crippen LogP contribution in [0.2, 0.25) is 0 Å². The van der Waals surface area contributed by atoms with Crippen LogP contribution in [0.1, 0.15) is 17.6 Å². The minimum absolute atomic E-state index is 0.137. The van der Waals surface area contributed by atoms with Crippen LogP contribution in [0.3, 0.4) is 0 Å². The zero-order valence-corrected chi connectivity index (χ0v) is 12.7. The molecule has 0 saturated carbocycles. The van der Waals surface area contributed by atoms with Crippen LogP contribution in [0.15, 0.2) is 16.5 Å². The van der Waals surface area contributed by atoms with Crippen molar-refractivity contribution in [1.29, 1.82) is 0 Å². The summed E-state index contributed by atoms with van der Waals surface area (Å²) in [6.07, 6.45) is -0.772. The Morgan fingerprint density at radius 2 is 2.32 bits per heavy atom. The monoisotopic (exact) mass is 311 g/mol. The van der Waals surface area contributed by atoms with Gasteiger partial charge in [-0.25, -0.2) is 4.79 Å². The maximum atomic E-state index is 12.3. The van der Waals surface area contributed by atoms with Crippen molar-refractivity contribution in [3.8, 4) is 0 Å². The zero-order valence-electron chi connectivity index (χ0n) is 12.7. The van der Waals surface area contributed by atoms with Crippen LogP contribution in [-0.2, 0) is 14.3 Å². The van der Waals surface area contributed by atoms with E-state index in [2.05, 4.69) is 5.32 Å². The molecule has 1 aromatic heterocycles. The Morgan fingerprint density at radius 3 is 2.91 bits per heavy atom. The highest BCUT2D eigenvalue weighted by molar-refractivity contribution is 5.81. The number of hydrogen-bond donors (Lipinski definition) is 2. The van der Waals surface area contributed by atoms with E-state index >= 15 is 0 Å². The first-order chi connectivity index (χ1) is 10.5. The molecule has 2 unspecified atom stereocenters. The molecule has 3 N–H and O–H groups in total. The van der Waals surface area contributed by atoms with Crippen molar-refractivity contribution in [2.75, 3.05) is 33.4 Å². The molecule has 8 heteroatoms. The number of furan rings is 1. The average Bonchev–Trinajstić information content (AvgIpc) is 2.93. The first kappa shape index (κ1) is 16.3. The van der Waals surface area contributed by atoms with E-state index in [-0.39, 0.29) is 25.8 Å². The number of carbonyl (C=O) groups is 2. The summed E-state index contributed by atoms with van der Waals surface area (Å²) in [6.45, 7) is 2.91. The van der Waals surface area contributed by atoms with Gasteiger partial charge in [0.2, 0.25) is 5.91 Å². The molecule has 8 nitrogen and oxygen atoms in total. The predicted octanol–water partition coefficient (Wildman–Crippen LogP) is 0.171. The SMILES string of the molecule is COCC(NC(=O)N1CCOC(C(N)=O)C1)c1ccc(C)o1. The van der Waals surface area contributed by atoms with Crippen molar-refractivity contribution >= 4 is 11.9 Å². The van der Waals surface area contributed by atoms with Gasteiger partial charge in [-0.15, -0.1) is 0 Å². The van der Waals surface area contributed by atoms with Gasteiger partial charge in [0.15, 0.2) is 6.10 Å². The van der Waals surface area contributed by atoms with Crippen molar-refractivity contribution in [1.82, 2.24) is 10.2 Å². The van der Waals surface area contributed by atoms with E-state index in [1.165, 1.54) is 4.90 Å². The smallest absolute Gasteiger partial charge is 0.318 e. The lowest BCUT2D eigenvalue weighted by Gasteiger charge is -2.32. The van der Waals surface area contributed by atoms with E-state index in [0.29, 0.717) is 12.3 Å². The Bertz CT molecular complexity index is 530. The van der Waals surface area contributed by atoms with Crippen LogP contribution in [0, 0.1) is 6.92 Å². The molecule has 22 heavy (non-hydrogen) atoms. The van der Waals surface area contributed by atoms with Gasteiger partial charge in [0.25, 0.3) is 0 Å². The number of amides is 3. The number of aryl methyl sites for hydroxylation is 1. The number of morpholine rings is 1. The molecule has 1 saturated heterocycles.